The molecule has 0 spiro atoms. The van der Waals surface area contributed by atoms with E-state index in [0.29, 0.717) is 12.0 Å². The summed E-state index contributed by atoms with van der Waals surface area (Å²) in [7, 11) is 0. The van der Waals surface area contributed by atoms with E-state index in [0.717, 1.165) is 31.3 Å². The Hall–Kier alpha value is -1.69. The lowest BCUT2D eigenvalue weighted by atomic mass is 10.2. The van der Waals surface area contributed by atoms with Crippen molar-refractivity contribution in [2.45, 2.75) is 50.7 Å². The smallest absolute Gasteiger partial charge is 0.240 e. The molecule has 4 rings (SSSR count). The van der Waals surface area contributed by atoms with Crippen molar-refractivity contribution in [3.8, 4) is 0 Å². The van der Waals surface area contributed by atoms with E-state index >= 15 is 0 Å². The van der Waals surface area contributed by atoms with Gasteiger partial charge in [0.1, 0.15) is 0 Å². The van der Waals surface area contributed by atoms with Gasteiger partial charge in [0, 0.05) is 24.4 Å². The maximum Gasteiger partial charge on any atom is 0.240 e. The molecule has 2 aromatic rings. The first-order chi connectivity index (χ1) is 9.88. The Morgan fingerprint density at radius 1 is 1.30 bits per heavy atom. The van der Waals surface area contributed by atoms with Crippen molar-refractivity contribution >= 4 is 0 Å². The Morgan fingerprint density at radius 3 is 3.05 bits per heavy atom. The van der Waals surface area contributed by atoms with Gasteiger partial charge in [-0.25, -0.2) is 0 Å². The molecular weight excluding hydrogens is 254 g/mol. The molecule has 1 unspecified atom stereocenters. The van der Waals surface area contributed by atoms with Crippen LogP contribution in [0.15, 0.2) is 23.0 Å². The van der Waals surface area contributed by atoms with Crippen molar-refractivity contribution in [3.63, 3.8) is 0 Å². The third kappa shape index (κ3) is 2.47. The molecule has 106 valence electrons. The average molecular weight is 273 g/mol. The van der Waals surface area contributed by atoms with E-state index in [1.54, 1.807) is 0 Å². The fourth-order valence-corrected chi connectivity index (χ4v) is 2.95. The van der Waals surface area contributed by atoms with Crippen LogP contribution in [0.4, 0.5) is 0 Å². The molecule has 1 saturated heterocycles. The molecule has 2 fully saturated rings. The molecule has 2 aliphatic rings. The minimum absolute atomic E-state index is 0.520. The van der Waals surface area contributed by atoms with Crippen LogP contribution in [0.1, 0.15) is 43.3 Å². The zero-order valence-corrected chi connectivity index (χ0v) is 11.5. The highest BCUT2D eigenvalue weighted by atomic mass is 16.5. The van der Waals surface area contributed by atoms with Crippen LogP contribution in [0.25, 0.3) is 0 Å². The van der Waals surface area contributed by atoms with Crippen molar-refractivity contribution < 1.29 is 4.52 Å². The second kappa shape index (κ2) is 5.01. The molecule has 1 atom stereocenters. The molecule has 6 nitrogen and oxygen atoms in total. The summed E-state index contributed by atoms with van der Waals surface area (Å²) >= 11 is 0. The lowest BCUT2D eigenvalue weighted by Crippen LogP contribution is -2.32. The SMILES string of the molecule is c1cnn(CC2CCCN2Cc2nc(C3CC3)no2)c1. The van der Waals surface area contributed by atoms with E-state index in [9.17, 15) is 0 Å². The molecule has 0 aromatic carbocycles. The fraction of sp³-hybridized carbons (Fsp3) is 0.643. The summed E-state index contributed by atoms with van der Waals surface area (Å²) in [4.78, 5) is 6.96. The minimum atomic E-state index is 0.520. The first-order valence-electron chi connectivity index (χ1n) is 7.42. The Labute approximate surface area is 117 Å². The van der Waals surface area contributed by atoms with E-state index in [2.05, 4.69) is 20.1 Å². The number of hydrogen-bond acceptors (Lipinski definition) is 5. The van der Waals surface area contributed by atoms with Crippen LogP contribution >= 0.6 is 0 Å². The summed E-state index contributed by atoms with van der Waals surface area (Å²) in [6.45, 7) is 2.81. The topological polar surface area (TPSA) is 60.0 Å². The summed E-state index contributed by atoms with van der Waals surface area (Å²) in [5.74, 6) is 2.23. The van der Waals surface area contributed by atoms with Crippen molar-refractivity contribution in [3.05, 3.63) is 30.2 Å². The first-order valence-corrected chi connectivity index (χ1v) is 7.42. The van der Waals surface area contributed by atoms with Gasteiger partial charge in [-0.3, -0.25) is 9.58 Å². The van der Waals surface area contributed by atoms with Crippen molar-refractivity contribution in [1.82, 2.24) is 24.8 Å². The predicted octanol–water partition coefficient (Wildman–Crippen LogP) is 1.81. The number of rotatable bonds is 5. The summed E-state index contributed by atoms with van der Waals surface area (Å²) in [5.41, 5.74) is 0. The number of aromatic nitrogens is 4. The summed E-state index contributed by atoms with van der Waals surface area (Å²) in [5, 5.41) is 8.39. The maximum absolute atomic E-state index is 5.39. The average Bonchev–Trinajstić information content (AvgIpc) is 2.88. The molecule has 1 aliphatic carbocycles. The van der Waals surface area contributed by atoms with Crippen molar-refractivity contribution in [2.24, 2.45) is 0 Å². The quantitative estimate of drug-likeness (QED) is 0.831. The second-order valence-corrected chi connectivity index (χ2v) is 5.82. The first kappa shape index (κ1) is 12.1. The summed E-state index contributed by atoms with van der Waals surface area (Å²) in [6, 6.07) is 2.49. The second-order valence-electron chi connectivity index (χ2n) is 5.82. The van der Waals surface area contributed by atoms with Crippen LogP contribution in [0.3, 0.4) is 0 Å². The summed E-state index contributed by atoms with van der Waals surface area (Å²) in [6.07, 6.45) is 8.72. The Kier molecular flexibility index (Phi) is 3.03. The van der Waals surface area contributed by atoms with Gasteiger partial charge in [0.2, 0.25) is 5.89 Å². The van der Waals surface area contributed by atoms with Gasteiger partial charge in [0.25, 0.3) is 0 Å². The molecule has 0 N–H and O–H groups in total. The van der Waals surface area contributed by atoms with Gasteiger partial charge < -0.3 is 4.52 Å². The zero-order valence-electron chi connectivity index (χ0n) is 11.5. The van der Waals surface area contributed by atoms with E-state index in [4.69, 9.17) is 4.52 Å². The molecule has 0 amide bonds. The van der Waals surface area contributed by atoms with Gasteiger partial charge in [-0.2, -0.15) is 10.1 Å². The molecule has 2 aromatic heterocycles. The van der Waals surface area contributed by atoms with Gasteiger partial charge in [-0.15, -0.1) is 0 Å². The zero-order chi connectivity index (χ0) is 13.4. The van der Waals surface area contributed by atoms with Crippen LogP contribution in [-0.2, 0) is 13.1 Å². The molecule has 1 aliphatic heterocycles. The largest absolute Gasteiger partial charge is 0.338 e. The number of likely N-dealkylation sites (tertiary alicyclic amines) is 1. The highest BCUT2D eigenvalue weighted by Gasteiger charge is 2.30. The van der Waals surface area contributed by atoms with Crippen LogP contribution < -0.4 is 0 Å². The predicted molar refractivity (Wildman–Crippen MR) is 71.9 cm³/mol. The van der Waals surface area contributed by atoms with Crippen LogP contribution in [-0.4, -0.2) is 37.4 Å². The Bertz CT molecular complexity index is 560. The molecular formula is C14H19N5O. The van der Waals surface area contributed by atoms with Gasteiger partial charge in [0.05, 0.1) is 13.1 Å². The van der Waals surface area contributed by atoms with Gasteiger partial charge in [0.15, 0.2) is 5.82 Å². The normalized spacial score (nSPS) is 23.5. The Morgan fingerprint density at radius 2 is 2.25 bits per heavy atom. The van der Waals surface area contributed by atoms with Gasteiger partial charge >= 0.3 is 0 Å². The number of hydrogen-bond donors (Lipinski definition) is 0. The number of nitrogens with zero attached hydrogens (tertiary/aromatic N) is 5. The molecule has 20 heavy (non-hydrogen) atoms. The van der Waals surface area contributed by atoms with Crippen molar-refractivity contribution in [1.29, 1.82) is 0 Å². The monoisotopic (exact) mass is 273 g/mol. The van der Waals surface area contributed by atoms with Crippen LogP contribution in [0.2, 0.25) is 0 Å². The summed E-state index contributed by atoms with van der Waals surface area (Å²) < 4.78 is 7.39. The van der Waals surface area contributed by atoms with Gasteiger partial charge in [-0.05, 0) is 38.3 Å². The van der Waals surface area contributed by atoms with E-state index in [1.165, 1.54) is 25.7 Å². The molecule has 0 radical (unpaired) electrons. The molecule has 6 heteroatoms. The van der Waals surface area contributed by atoms with Crippen LogP contribution in [0, 0.1) is 0 Å². The third-order valence-corrected chi connectivity index (χ3v) is 4.22. The molecule has 3 heterocycles. The highest BCUT2D eigenvalue weighted by Crippen LogP contribution is 2.38. The van der Waals surface area contributed by atoms with Crippen molar-refractivity contribution in [2.75, 3.05) is 6.54 Å². The molecule has 1 saturated carbocycles. The van der Waals surface area contributed by atoms with Crippen LogP contribution in [0.5, 0.6) is 0 Å². The lowest BCUT2D eigenvalue weighted by molar-refractivity contribution is 0.192. The maximum atomic E-state index is 5.39. The standard InChI is InChI=1S/C14H19N5O/c1-3-12(9-19-8-2-6-15-19)18(7-1)10-13-16-14(17-20-13)11-4-5-11/h2,6,8,11-12H,1,3-5,7,9-10H2. The third-order valence-electron chi connectivity index (χ3n) is 4.22. The van der Waals surface area contributed by atoms with E-state index in [1.807, 2.05) is 23.1 Å². The highest BCUT2D eigenvalue weighted by molar-refractivity contribution is 5.03. The van der Waals surface area contributed by atoms with Gasteiger partial charge in [-0.1, -0.05) is 5.16 Å². The minimum Gasteiger partial charge on any atom is -0.338 e. The lowest BCUT2D eigenvalue weighted by Gasteiger charge is -2.22. The Balaban J connectivity index is 1.40. The van der Waals surface area contributed by atoms with E-state index < -0.39 is 0 Å². The fourth-order valence-electron chi connectivity index (χ4n) is 2.95. The molecule has 0 bridgehead atoms. The van der Waals surface area contributed by atoms with E-state index in [-0.39, 0.29) is 0 Å².